The Hall–Kier alpha value is 0.456. The molecule has 0 bridgehead atoms. The molecule has 0 unspecified atom stereocenters. The molecular weight excluding hydrogens is 427 g/mol. The predicted octanol–water partition coefficient (Wildman–Crippen LogP) is 8.11. The Morgan fingerprint density at radius 1 is 0.667 bits per heavy atom. The van der Waals surface area contributed by atoms with Gasteiger partial charge in [-0.25, -0.2) is 12.8 Å². The summed E-state index contributed by atoms with van der Waals surface area (Å²) in [6.45, 7) is 39.5. The fourth-order valence-electron chi connectivity index (χ4n) is 0.609. The van der Waals surface area contributed by atoms with Crippen molar-refractivity contribution >= 4 is 12.4 Å². The first-order valence-electron chi connectivity index (χ1n) is 13.0. The first-order chi connectivity index (χ1) is 15.1. The molecule has 0 aromatic rings. The van der Waals surface area contributed by atoms with Gasteiger partial charge in [0.25, 0.3) is 0 Å². The van der Waals surface area contributed by atoms with E-state index in [4.69, 9.17) is 0 Å². The van der Waals surface area contributed by atoms with E-state index < -0.39 is 0 Å². The zero-order chi connectivity index (χ0) is 27.2. The van der Waals surface area contributed by atoms with Gasteiger partial charge in [-0.1, -0.05) is 116 Å². The normalized spacial score (nSPS) is 10.1. The number of nitrogens with zero attached hydrogens (tertiary/aromatic N) is 2. The van der Waals surface area contributed by atoms with Crippen molar-refractivity contribution in [3.05, 3.63) is 38.3 Å². The molecule has 2 nitrogen and oxygen atoms in total. The van der Waals surface area contributed by atoms with E-state index in [1.807, 2.05) is 66.0 Å². The molecule has 3 heteroatoms. The SMILES string of the molecule is C1=CCN=C1.C1=CN=CC1.CC.CC.CC.CC(C)C.CC(C)C.CC(C)C.[CH2-]CC[CH2-].[K+]. The standard InChI is InChI=1S/2C4H5N.3C4H10.C4H8.3C2H6.K/c2*1-2-4-5-3-1;3*1-4(2)3;1-3-4-2;3*1-2;/h1,3-4H,2H2;1-3H,4H2;3*4H,1-3H3;1-4H2;3*1-2H3;/q;;;;;-2;;;;+1. The minimum Gasteiger partial charge on any atom is -0.346 e. The molecule has 0 saturated carbocycles. The molecule has 0 aliphatic carbocycles. The monoisotopic (exact) mass is 493 g/mol. The van der Waals surface area contributed by atoms with Crippen LogP contribution >= 0.6 is 0 Å². The van der Waals surface area contributed by atoms with E-state index in [0.29, 0.717) is 0 Å². The quantitative estimate of drug-likeness (QED) is 0.260. The molecule has 0 aromatic heterocycles. The molecular formula is C30H66KN2-. The van der Waals surface area contributed by atoms with Gasteiger partial charge in [0.15, 0.2) is 0 Å². The first-order valence-corrected chi connectivity index (χ1v) is 13.0. The fraction of sp³-hybridized carbons (Fsp3) is 0.733. The summed E-state index contributed by atoms with van der Waals surface area (Å²) in [5.41, 5.74) is 0. The predicted molar refractivity (Wildman–Crippen MR) is 160 cm³/mol. The summed E-state index contributed by atoms with van der Waals surface area (Å²) in [4.78, 5) is 7.62. The van der Waals surface area contributed by atoms with E-state index in [1.165, 1.54) is 0 Å². The van der Waals surface area contributed by atoms with Gasteiger partial charge in [0, 0.05) is 25.0 Å². The Morgan fingerprint density at radius 3 is 1.06 bits per heavy atom. The summed E-state index contributed by atoms with van der Waals surface area (Å²) in [7, 11) is 0. The molecule has 0 N–H and O–H groups in total. The molecule has 2 rings (SSSR count). The Bertz CT molecular complexity index is 262. The molecule has 2 aliphatic heterocycles. The molecule has 0 aromatic carbocycles. The zero-order valence-corrected chi connectivity index (χ0v) is 29.5. The van der Waals surface area contributed by atoms with Gasteiger partial charge < -0.3 is 13.8 Å². The topological polar surface area (TPSA) is 24.7 Å². The van der Waals surface area contributed by atoms with E-state index in [1.54, 1.807) is 12.4 Å². The van der Waals surface area contributed by atoms with Crippen molar-refractivity contribution in [1.29, 1.82) is 0 Å². The van der Waals surface area contributed by atoms with Gasteiger partial charge in [0.2, 0.25) is 0 Å². The summed E-state index contributed by atoms with van der Waals surface area (Å²) in [6, 6.07) is 0. The Labute approximate surface area is 257 Å². The average Bonchev–Trinajstić information content (AvgIpc) is 3.50. The fourth-order valence-corrected chi connectivity index (χ4v) is 0.609. The zero-order valence-electron chi connectivity index (χ0n) is 26.3. The van der Waals surface area contributed by atoms with Crippen LogP contribution in [0.5, 0.6) is 0 Å². The van der Waals surface area contributed by atoms with Crippen LogP contribution in [0, 0.1) is 31.6 Å². The van der Waals surface area contributed by atoms with Crippen molar-refractivity contribution in [2.24, 2.45) is 27.7 Å². The maximum Gasteiger partial charge on any atom is 1.00 e. The summed E-state index contributed by atoms with van der Waals surface area (Å²) in [5.74, 6) is 2.50. The minimum atomic E-state index is 0. The summed E-state index contributed by atoms with van der Waals surface area (Å²) in [6.07, 6.45) is 14.4. The summed E-state index contributed by atoms with van der Waals surface area (Å²) >= 11 is 0. The van der Waals surface area contributed by atoms with Crippen LogP contribution in [0.2, 0.25) is 0 Å². The van der Waals surface area contributed by atoms with Crippen LogP contribution in [-0.4, -0.2) is 19.0 Å². The van der Waals surface area contributed by atoms with E-state index in [9.17, 15) is 0 Å². The maximum absolute atomic E-state index is 3.85. The van der Waals surface area contributed by atoms with Gasteiger partial charge in [-0.05, 0) is 23.8 Å². The Kier molecular flexibility index (Phi) is 115. The van der Waals surface area contributed by atoms with Crippen molar-refractivity contribution in [1.82, 2.24) is 0 Å². The molecule has 2 aliphatic rings. The van der Waals surface area contributed by atoms with Crippen LogP contribution in [0.3, 0.4) is 0 Å². The summed E-state index contributed by atoms with van der Waals surface area (Å²) < 4.78 is 0. The average molecular weight is 494 g/mol. The number of hydrogen-bond donors (Lipinski definition) is 0. The van der Waals surface area contributed by atoms with E-state index in [-0.39, 0.29) is 51.4 Å². The molecule has 198 valence electrons. The second kappa shape index (κ2) is 69.8. The van der Waals surface area contributed by atoms with E-state index in [2.05, 4.69) is 86.1 Å². The van der Waals surface area contributed by atoms with Crippen molar-refractivity contribution in [3.63, 3.8) is 0 Å². The van der Waals surface area contributed by atoms with Gasteiger partial charge in [0.05, 0.1) is 6.54 Å². The van der Waals surface area contributed by atoms with Crippen molar-refractivity contribution < 1.29 is 51.4 Å². The van der Waals surface area contributed by atoms with Crippen molar-refractivity contribution in [3.8, 4) is 0 Å². The second-order valence-electron chi connectivity index (χ2n) is 7.80. The number of rotatable bonds is 1. The van der Waals surface area contributed by atoms with Gasteiger partial charge in [0.1, 0.15) is 0 Å². The third kappa shape index (κ3) is 229. The number of unbranched alkanes of at least 4 members (excludes halogenated alkanes) is 1. The summed E-state index contributed by atoms with van der Waals surface area (Å²) in [5, 5.41) is 0. The van der Waals surface area contributed by atoms with Gasteiger partial charge >= 0.3 is 51.4 Å². The smallest absolute Gasteiger partial charge is 0.346 e. The molecule has 0 spiro atoms. The van der Waals surface area contributed by atoms with Gasteiger partial charge in [-0.2, -0.15) is 0 Å². The van der Waals surface area contributed by atoms with Gasteiger partial charge in [-0.3, -0.25) is 9.98 Å². The molecule has 33 heavy (non-hydrogen) atoms. The number of hydrogen-bond acceptors (Lipinski definition) is 2. The van der Waals surface area contributed by atoms with Crippen LogP contribution in [-0.2, 0) is 0 Å². The largest absolute Gasteiger partial charge is 1.00 e. The van der Waals surface area contributed by atoms with Crippen LogP contribution in [0.15, 0.2) is 34.4 Å². The Morgan fingerprint density at radius 2 is 1.00 bits per heavy atom. The van der Waals surface area contributed by atoms with Crippen LogP contribution < -0.4 is 51.4 Å². The molecule has 0 radical (unpaired) electrons. The van der Waals surface area contributed by atoms with Gasteiger partial charge in [-0.15, -0.1) is 0 Å². The van der Waals surface area contributed by atoms with Crippen LogP contribution in [0.25, 0.3) is 0 Å². The third-order valence-corrected chi connectivity index (χ3v) is 1.33. The minimum absolute atomic E-state index is 0. The third-order valence-electron chi connectivity index (χ3n) is 1.33. The van der Waals surface area contributed by atoms with Crippen LogP contribution in [0.1, 0.15) is 123 Å². The van der Waals surface area contributed by atoms with E-state index >= 15 is 0 Å². The molecule has 0 fully saturated rings. The molecule has 2 heterocycles. The first kappa shape index (κ1) is 54.4. The van der Waals surface area contributed by atoms with Crippen molar-refractivity contribution in [2.75, 3.05) is 6.54 Å². The number of aliphatic imine (C=N–C) groups is 2. The van der Waals surface area contributed by atoms with Crippen molar-refractivity contribution in [2.45, 2.75) is 123 Å². The molecule has 0 amide bonds. The molecule has 0 atom stereocenters. The van der Waals surface area contributed by atoms with Crippen LogP contribution in [0.4, 0.5) is 0 Å². The Balaban J connectivity index is -0.0000000362. The maximum atomic E-state index is 3.85. The molecule has 0 saturated heterocycles. The van der Waals surface area contributed by atoms with E-state index in [0.717, 1.165) is 43.6 Å². The second-order valence-corrected chi connectivity index (χ2v) is 7.80. The number of allylic oxidation sites excluding steroid dienone is 2.